The molecule has 6 unspecified atom stereocenters. The summed E-state index contributed by atoms with van der Waals surface area (Å²) in [6.45, 7) is 0. The molecule has 0 aromatic rings. The van der Waals surface area contributed by atoms with Crippen LogP contribution < -0.4 is 0 Å². The third-order valence-corrected chi connectivity index (χ3v) is 7.27. The van der Waals surface area contributed by atoms with Crippen LogP contribution in [0.5, 0.6) is 0 Å². The number of esters is 2. The zero-order chi connectivity index (χ0) is 14.0. The first kappa shape index (κ1) is 11.5. The molecule has 6 aliphatic rings. The van der Waals surface area contributed by atoms with Crippen molar-refractivity contribution in [1.29, 1.82) is 0 Å². The Labute approximate surface area is 116 Å². The molecule has 6 atom stereocenters. The highest BCUT2D eigenvalue weighted by atomic mass is 16.6. The monoisotopic (exact) mass is 278 g/mol. The van der Waals surface area contributed by atoms with Gasteiger partial charge in [0.2, 0.25) is 0 Å². The minimum Gasteiger partial charge on any atom is -0.468 e. The van der Waals surface area contributed by atoms with Crippen molar-refractivity contribution in [2.45, 2.75) is 44.3 Å². The van der Waals surface area contributed by atoms with Crippen molar-refractivity contribution in [2.24, 2.45) is 21.7 Å². The molecule has 2 spiro atoms. The maximum atomic E-state index is 12.5. The Balaban J connectivity index is 1.72. The Morgan fingerprint density at radius 2 is 1.35 bits per heavy atom. The molecule has 0 aromatic heterocycles. The topological polar surface area (TPSA) is 61.8 Å². The van der Waals surface area contributed by atoms with E-state index in [4.69, 9.17) is 14.2 Å². The van der Waals surface area contributed by atoms with Gasteiger partial charge in [-0.05, 0) is 12.8 Å². The first-order valence-corrected chi connectivity index (χ1v) is 7.47. The van der Waals surface area contributed by atoms with E-state index in [-0.39, 0.29) is 35.0 Å². The predicted octanol–water partition coefficient (Wildman–Crippen LogP) is 1.05. The zero-order valence-electron chi connectivity index (χ0n) is 11.7. The SMILES string of the molecule is COC(=O)C12C3OC4C5(CCCCCC351)C42C(=O)OC. The third-order valence-electron chi connectivity index (χ3n) is 7.27. The lowest BCUT2D eigenvalue weighted by molar-refractivity contribution is -0.180. The summed E-state index contributed by atoms with van der Waals surface area (Å²) in [7, 11) is 2.81. The normalized spacial score (nSPS) is 59.5. The fourth-order valence-corrected chi connectivity index (χ4v) is 7.10. The number of rotatable bonds is 2. The summed E-state index contributed by atoms with van der Waals surface area (Å²) in [5.41, 5.74) is -1.70. The van der Waals surface area contributed by atoms with E-state index < -0.39 is 10.8 Å². The summed E-state index contributed by atoms with van der Waals surface area (Å²) in [6.07, 6.45) is 5.17. The standard InChI is InChI=1S/C15H18O5/c1-18-10(16)14-8-12(14)6-4-3-5-7-13(12)9(20-8)15(13,14)11(17)19-2/h8-9H,3-7H2,1-2H3. The lowest BCUT2D eigenvalue weighted by atomic mass is 9.55. The Kier molecular flexibility index (Phi) is 1.60. The average molecular weight is 278 g/mol. The van der Waals surface area contributed by atoms with Gasteiger partial charge in [-0.3, -0.25) is 9.59 Å². The summed E-state index contributed by atoms with van der Waals surface area (Å²) < 4.78 is 16.2. The molecule has 0 amide bonds. The Bertz CT molecular complexity index is 525. The second-order valence-electron chi connectivity index (χ2n) is 7.00. The molecule has 0 radical (unpaired) electrons. The summed E-state index contributed by atoms with van der Waals surface area (Å²) >= 11 is 0. The molecular weight excluding hydrogens is 260 g/mol. The largest absolute Gasteiger partial charge is 0.468 e. The Morgan fingerprint density at radius 3 is 1.75 bits per heavy atom. The molecule has 5 nitrogen and oxygen atoms in total. The number of hydrogen-bond donors (Lipinski definition) is 0. The van der Waals surface area contributed by atoms with E-state index in [2.05, 4.69) is 0 Å². The second kappa shape index (κ2) is 2.78. The number of carbonyl (C=O) groups excluding carboxylic acids is 2. The van der Waals surface area contributed by atoms with Crippen LogP contribution in [-0.2, 0) is 23.8 Å². The molecule has 2 aliphatic heterocycles. The molecule has 20 heavy (non-hydrogen) atoms. The van der Waals surface area contributed by atoms with Gasteiger partial charge in [-0.15, -0.1) is 0 Å². The molecule has 6 fully saturated rings. The molecule has 0 aromatic carbocycles. The van der Waals surface area contributed by atoms with Gasteiger partial charge < -0.3 is 14.2 Å². The van der Waals surface area contributed by atoms with Crippen molar-refractivity contribution < 1.29 is 23.8 Å². The van der Waals surface area contributed by atoms with Crippen molar-refractivity contribution >= 4 is 11.9 Å². The predicted molar refractivity (Wildman–Crippen MR) is 65.5 cm³/mol. The van der Waals surface area contributed by atoms with E-state index in [1.54, 1.807) is 0 Å². The van der Waals surface area contributed by atoms with Crippen LogP contribution in [0.1, 0.15) is 32.1 Å². The van der Waals surface area contributed by atoms with E-state index in [0.717, 1.165) is 25.7 Å². The van der Waals surface area contributed by atoms with Crippen LogP contribution in [0.15, 0.2) is 0 Å². The van der Waals surface area contributed by atoms with Gasteiger partial charge >= 0.3 is 11.9 Å². The number of ether oxygens (including phenoxy) is 3. The van der Waals surface area contributed by atoms with Gasteiger partial charge in [-0.1, -0.05) is 19.3 Å². The van der Waals surface area contributed by atoms with E-state index in [9.17, 15) is 9.59 Å². The molecule has 2 bridgehead atoms. The van der Waals surface area contributed by atoms with E-state index in [1.165, 1.54) is 20.6 Å². The van der Waals surface area contributed by atoms with Gasteiger partial charge in [-0.25, -0.2) is 0 Å². The van der Waals surface area contributed by atoms with Crippen molar-refractivity contribution in [3.05, 3.63) is 0 Å². The first-order valence-electron chi connectivity index (χ1n) is 7.47. The average Bonchev–Trinajstić information content (AvgIpc) is 3.15. The fraction of sp³-hybridized carbons (Fsp3) is 0.867. The van der Waals surface area contributed by atoms with Gasteiger partial charge in [0.15, 0.2) is 0 Å². The second-order valence-corrected chi connectivity index (χ2v) is 7.00. The quantitative estimate of drug-likeness (QED) is 0.707. The summed E-state index contributed by atoms with van der Waals surface area (Å²) in [5, 5.41) is 0. The highest BCUT2D eigenvalue weighted by molar-refractivity contribution is 6.05. The van der Waals surface area contributed by atoms with Crippen LogP contribution in [0, 0.1) is 21.7 Å². The third kappa shape index (κ3) is 0.593. The highest BCUT2D eigenvalue weighted by Gasteiger charge is 3.23. The fourth-order valence-electron chi connectivity index (χ4n) is 7.10. The van der Waals surface area contributed by atoms with Gasteiger partial charge in [0.25, 0.3) is 0 Å². The summed E-state index contributed by atoms with van der Waals surface area (Å²) in [5.74, 6) is -0.518. The first-order chi connectivity index (χ1) is 9.64. The smallest absolute Gasteiger partial charge is 0.316 e. The molecular formula is C15H18O5. The molecule has 2 saturated heterocycles. The molecule has 4 saturated carbocycles. The minimum absolute atomic E-state index is 0.107. The lowest BCUT2D eigenvalue weighted by Gasteiger charge is -2.44. The van der Waals surface area contributed by atoms with Crippen molar-refractivity contribution in [3.63, 3.8) is 0 Å². The highest BCUT2D eigenvalue weighted by Crippen LogP contribution is 3.12. The van der Waals surface area contributed by atoms with E-state index >= 15 is 0 Å². The van der Waals surface area contributed by atoms with Crippen LogP contribution in [0.2, 0.25) is 0 Å². The van der Waals surface area contributed by atoms with Crippen LogP contribution in [0.25, 0.3) is 0 Å². The van der Waals surface area contributed by atoms with Crippen LogP contribution >= 0.6 is 0 Å². The van der Waals surface area contributed by atoms with Crippen molar-refractivity contribution in [2.75, 3.05) is 14.2 Å². The summed E-state index contributed by atoms with van der Waals surface area (Å²) in [4.78, 5) is 25.0. The van der Waals surface area contributed by atoms with Crippen molar-refractivity contribution in [1.82, 2.24) is 0 Å². The number of methoxy groups -OCH3 is 2. The van der Waals surface area contributed by atoms with E-state index in [1.807, 2.05) is 0 Å². The summed E-state index contributed by atoms with van der Waals surface area (Å²) in [6, 6.07) is 0. The Hall–Kier alpha value is -1.10. The maximum absolute atomic E-state index is 12.5. The van der Waals surface area contributed by atoms with E-state index in [0.29, 0.717) is 0 Å². The minimum atomic E-state index is -0.725. The van der Waals surface area contributed by atoms with Crippen molar-refractivity contribution in [3.8, 4) is 0 Å². The van der Waals surface area contributed by atoms with Gasteiger partial charge in [0, 0.05) is 10.8 Å². The molecule has 108 valence electrons. The Morgan fingerprint density at radius 1 is 0.900 bits per heavy atom. The van der Waals surface area contributed by atoms with Gasteiger partial charge in [-0.2, -0.15) is 0 Å². The van der Waals surface area contributed by atoms with Gasteiger partial charge in [0.1, 0.15) is 10.8 Å². The number of carbonyl (C=O) groups is 2. The molecule has 6 rings (SSSR count). The molecule has 2 heterocycles. The van der Waals surface area contributed by atoms with Crippen LogP contribution in [0.4, 0.5) is 0 Å². The van der Waals surface area contributed by atoms with Crippen LogP contribution in [0.3, 0.4) is 0 Å². The lowest BCUT2D eigenvalue weighted by Crippen LogP contribution is -2.54. The molecule has 4 aliphatic carbocycles. The maximum Gasteiger partial charge on any atom is 0.316 e. The molecule has 5 heteroatoms. The van der Waals surface area contributed by atoms with Gasteiger partial charge in [0.05, 0.1) is 26.4 Å². The zero-order valence-corrected chi connectivity index (χ0v) is 11.7. The number of hydrogen-bond acceptors (Lipinski definition) is 5. The van der Waals surface area contributed by atoms with Crippen LogP contribution in [-0.4, -0.2) is 38.4 Å². The molecule has 0 N–H and O–H groups in total.